The van der Waals surface area contributed by atoms with Crippen LogP contribution in [0.25, 0.3) is 0 Å². The Kier molecular flexibility index (Phi) is 4.78. The van der Waals surface area contributed by atoms with Crippen molar-refractivity contribution in [1.29, 1.82) is 0 Å². The van der Waals surface area contributed by atoms with E-state index in [1.807, 2.05) is 18.4 Å². The summed E-state index contributed by atoms with van der Waals surface area (Å²) < 4.78 is 0. The van der Waals surface area contributed by atoms with Gasteiger partial charge in [-0.1, -0.05) is 19.3 Å². The van der Waals surface area contributed by atoms with Gasteiger partial charge in [0.15, 0.2) is 0 Å². The number of carbonyl (C=O) groups is 1. The first-order valence-corrected chi connectivity index (χ1v) is 7.56. The average Bonchev–Trinajstić information content (AvgIpc) is 2.66. The summed E-state index contributed by atoms with van der Waals surface area (Å²) in [5.41, 5.74) is 1.03. The zero-order valence-corrected chi connectivity index (χ0v) is 11.6. The number of aliphatic hydroxyl groups excluding tert-OH is 1. The standard InChI is InChI=1S/C14H21NO2S/c1-10-7-8-18-13(10)14(17)15-12-6-4-2-3-5-11(12)9-16/h7-8,11-12,16H,2-6,9H2,1H3,(H,15,17). The van der Waals surface area contributed by atoms with E-state index in [-0.39, 0.29) is 24.5 Å². The van der Waals surface area contributed by atoms with Crippen molar-refractivity contribution in [2.75, 3.05) is 6.61 Å². The van der Waals surface area contributed by atoms with Crippen LogP contribution in [0.5, 0.6) is 0 Å². The predicted octanol–water partition coefficient (Wildman–Crippen LogP) is 2.73. The zero-order chi connectivity index (χ0) is 13.0. The lowest BCUT2D eigenvalue weighted by Crippen LogP contribution is -2.41. The number of hydrogen-bond acceptors (Lipinski definition) is 3. The lowest BCUT2D eigenvalue weighted by Gasteiger charge is -2.24. The van der Waals surface area contributed by atoms with Crippen molar-refractivity contribution >= 4 is 17.2 Å². The summed E-state index contributed by atoms with van der Waals surface area (Å²) in [6, 6.07) is 2.10. The highest BCUT2D eigenvalue weighted by Gasteiger charge is 2.25. The van der Waals surface area contributed by atoms with Crippen molar-refractivity contribution in [2.45, 2.75) is 45.1 Å². The van der Waals surface area contributed by atoms with E-state index in [1.54, 1.807) is 0 Å². The third-order valence-electron chi connectivity index (χ3n) is 3.78. The number of aliphatic hydroxyl groups is 1. The van der Waals surface area contributed by atoms with Gasteiger partial charge in [0, 0.05) is 18.6 Å². The largest absolute Gasteiger partial charge is 0.396 e. The lowest BCUT2D eigenvalue weighted by atomic mass is 9.95. The van der Waals surface area contributed by atoms with Gasteiger partial charge in [0.25, 0.3) is 5.91 Å². The average molecular weight is 267 g/mol. The first kappa shape index (κ1) is 13.6. The Balaban J connectivity index is 2.02. The fourth-order valence-corrected chi connectivity index (χ4v) is 3.46. The molecule has 2 N–H and O–H groups in total. The Morgan fingerprint density at radius 1 is 1.44 bits per heavy atom. The quantitative estimate of drug-likeness (QED) is 0.827. The molecule has 1 aromatic heterocycles. The maximum atomic E-state index is 12.2. The van der Waals surface area contributed by atoms with Gasteiger partial charge in [0.05, 0.1) is 4.88 Å². The number of rotatable bonds is 3. The molecule has 0 spiro atoms. The number of amides is 1. The van der Waals surface area contributed by atoms with Crippen LogP contribution in [0.4, 0.5) is 0 Å². The highest BCUT2D eigenvalue weighted by molar-refractivity contribution is 7.12. The van der Waals surface area contributed by atoms with Crippen LogP contribution in [-0.4, -0.2) is 23.7 Å². The maximum Gasteiger partial charge on any atom is 0.261 e. The van der Waals surface area contributed by atoms with Gasteiger partial charge in [-0.15, -0.1) is 11.3 Å². The molecule has 18 heavy (non-hydrogen) atoms. The van der Waals surface area contributed by atoms with E-state index >= 15 is 0 Å². The summed E-state index contributed by atoms with van der Waals surface area (Å²) >= 11 is 1.49. The van der Waals surface area contributed by atoms with Crippen LogP contribution >= 0.6 is 11.3 Å². The molecule has 0 saturated heterocycles. The van der Waals surface area contributed by atoms with Gasteiger partial charge >= 0.3 is 0 Å². The minimum absolute atomic E-state index is 0.0212. The van der Waals surface area contributed by atoms with Gasteiger partial charge in [-0.05, 0) is 36.8 Å². The Bertz CT molecular complexity index is 402. The van der Waals surface area contributed by atoms with Crippen molar-refractivity contribution in [3.05, 3.63) is 21.9 Å². The van der Waals surface area contributed by atoms with E-state index in [0.29, 0.717) is 0 Å². The van der Waals surface area contributed by atoms with Gasteiger partial charge in [0.1, 0.15) is 0 Å². The van der Waals surface area contributed by atoms with Crippen LogP contribution in [0, 0.1) is 12.8 Å². The van der Waals surface area contributed by atoms with Crippen molar-refractivity contribution in [3.63, 3.8) is 0 Å². The highest BCUT2D eigenvalue weighted by atomic mass is 32.1. The molecule has 1 aromatic rings. The molecule has 0 radical (unpaired) electrons. The number of aryl methyl sites for hydroxylation is 1. The minimum atomic E-state index is 0.0212. The molecule has 100 valence electrons. The van der Waals surface area contributed by atoms with E-state index in [4.69, 9.17) is 0 Å². The number of nitrogens with one attached hydrogen (secondary N) is 1. The highest BCUT2D eigenvalue weighted by Crippen LogP contribution is 2.24. The molecule has 1 saturated carbocycles. The molecule has 0 aromatic carbocycles. The summed E-state index contributed by atoms with van der Waals surface area (Å²) in [5, 5.41) is 14.5. The molecule has 0 aliphatic heterocycles. The summed E-state index contributed by atoms with van der Waals surface area (Å²) in [5.74, 6) is 0.240. The van der Waals surface area contributed by atoms with Crippen LogP contribution in [0.3, 0.4) is 0 Å². The minimum Gasteiger partial charge on any atom is -0.396 e. The molecule has 2 atom stereocenters. The third kappa shape index (κ3) is 3.12. The van der Waals surface area contributed by atoms with Gasteiger partial charge in [-0.25, -0.2) is 0 Å². The predicted molar refractivity (Wildman–Crippen MR) is 74.0 cm³/mol. The van der Waals surface area contributed by atoms with E-state index in [1.165, 1.54) is 17.8 Å². The molecule has 1 fully saturated rings. The van der Waals surface area contributed by atoms with Gasteiger partial charge < -0.3 is 10.4 Å². The van der Waals surface area contributed by atoms with Gasteiger partial charge in [-0.2, -0.15) is 0 Å². The first-order chi connectivity index (χ1) is 8.72. The number of carbonyl (C=O) groups excluding carboxylic acids is 1. The fraction of sp³-hybridized carbons (Fsp3) is 0.643. The molecule has 1 aliphatic rings. The lowest BCUT2D eigenvalue weighted by molar-refractivity contribution is 0.0903. The SMILES string of the molecule is Cc1ccsc1C(=O)NC1CCCCCC1CO. The van der Waals surface area contributed by atoms with Crippen LogP contribution in [-0.2, 0) is 0 Å². The van der Waals surface area contributed by atoms with E-state index in [2.05, 4.69) is 5.32 Å². The van der Waals surface area contributed by atoms with E-state index in [9.17, 15) is 9.90 Å². The molecule has 3 nitrogen and oxygen atoms in total. The van der Waals surface area contributed by atoms with Gasteiger partial charge in [-0.3, -0.25) is 4.79 Å². The summed E-state index contributed by atoms with van der Waals surface area (Å²) in [6.07, 6.45) is 5.52. The molecule has 1 aliphatic carbocycles. The Hall–Kier alpha value is -0.870. The monoisotopic (exact) mass is 267 g/mol. The number of hydrogen-bond donors (Lipinski definition) is 2. The number of thiophene rings is 1. The Morgan fingerprint density at radius 2 is 2.22 bits per heavy atom. The molecule has 2 rings (SSSR count). The van der Waals surface area contributed by atoms with Crippen molar-refractivity contribution in [1.82, 2.24) is 5.32 Å². The van der Waals surface area contributed by atoms with E-state index < -0.39 is 0 Å². The molecular formula is C14H21NO2S. The second kappa shape index (κ2) is 6.34. The van der Waals surface area contributed by atoms with Gasteiger partial charge in [0.2, 0.25) is 0 Å². The summed E-state index contributed by atoms with van der Waals surface area (Å²) in [4.78, 5) is 13.0. The summed E-state index contributed by atoms with van der Waals surface area (Å²) in [6.45, 7) is 2.14. The normalized spacial score (nSPS) is 24.6. The van der Waals surface area contributed by atoms with Crippen molar-refractivity contribution in [2.24, 2.45) is 5.92 Å². The van der Waals surface area contributed by atoms with Crippen molar-refractivity contribution < 1.29 is 9.90 Å². The second-order valence-electron chi connectivity index (χ2n) is 5.09. The maximum absolute atomic E-state index is 12.2. The fourth-order valence-electron chi connectivity index (χ4n) is 2.63. The van der Waals surface area contributed by atoms with Crippen LogP contribution in [0.2, 0.25) is 0 Å². The molecular weight excluding hydrogens is 246 g/mol. The zero-order valence-electron chi connectivity index (χ0n) is 10.8. The first-order valence-electron chi connectivity index (χ1n) is 6.68. The molecule has 1 amide bonds. The molecule has 2 unspecified atom stereocenters. The van der Waals surface area contributed by atoms with Crippen LogP contribution in [0.1, 0.15) is 47.3 Å². The molecule has 1 heterocycles. The third-order valence-corrected chi connectivity index (χ3v) is 4.79. The molecule has 4 heteroatoms. The second-order valence-corrected chi connectivity index (χ2v) is 6.01. The Morgan fingerprint density at radius 3 is 2.89 bits per heavy atom. The van der Waals surface area contributed by atoms with E-state index in [0.717, 1.165) is 36.1 Å². The van der Waals surface area contributed by atoms with Crippen LogP contribution in [0.15, 0.2) is 11.4 Å². The topological polar surface area (TPSA) is 49.3 Å². The van der Waals surface area contributed by atoms with Crippen LogP contribution < -0.4 is 5.32 Å². The summed E-state index contributed by atoms with van der Waals surface area (Å²) in [7, 11) is 0. The Labute approximate surface area is 112 Å². The molecule has 0 bridgehead atoms. The smallest absolute Gasteiger partial charge is 0.261 e. The van der Waals surface area contributed by atoms with Crippen molar-refractivity contribution in [3.8, 4) is 0 Å².